The molecule has 0 atom stereocenters. The molecule has 1 aromatic rings. The summed E-state index contributed by atoms with van der Waals surface area (Å²) in [6, 6.07) is 6.88. The molecule has 0 unspecified atom stereocenters. The molecule has 1 aromatic carbocycles. The van der Waals surface area contributed by atoms with Crippen molar-refractivity contribution in [3.63, 3.8) is 0 Å². The molecule has 0 radical (unpaired) electrons. The van der Waals surface area contributed by atoms with Gasteiger partial charge < -0.3 is 10.2 Å². The molecule has 1 rings (SSSR count). The summed E-state index contributed by atoms with van der Waals surface area (Å²) in [4.78, 5) is 2.39. The van der Waals surface area contributed by atoms with Gasteiger partial charge in [0.1, 0.15) is 0 Å². The van der Waals surface area contributed by atoms with E-state index in [4.69, 9.17) is 11.6 Å². The molecule has 2 nitrogen and oxygen atoms in total. The molecule has 108 valence electrons. The van der Waals surface area contributed by atoms with E-state index in [0.29, 0.717) is 6.04 Å². The Kier molecular flexibility index (Phi) is 7.44. The Morgan fingerprint density at radius 2 is 2.00 bits per heavy atom. The van der Waals surface area contributed by atoms with Crippen LogP contribution in [0.3, 0.4) is 0 Å². The largest absolute Gasteiger partial charge is 0.313 e. The lowest BCUT2D eigenvalue weighted by molar-refractivity contribution is 0.268. The van der Waals surface area contributed by atoms with Crippen LogP contribution in [0.25, 0.3) is 0 Å². The van der Waals surface area contributed by atoms with E-state index in [1.54, 1.807) is 0 Å². The van der Waals surface area contributed by atoms with Gasteiger partial charge in [0.05, 0.1) is 0 Å². The molecule has 1 N–H and O–H groups in total. The average molecular weight is 283 g/mol. The number of halogens is 1. The third kappa shape index (κ3) is 6.42. The van der Waals surface area contributed by atoms with E-state index in [2.05, 4.69) is 50.2 Å². The number of nitrogens with one attached hydrogen (secondary N) is 1. The van der Waals surface area contributed by atoms with E-state index >= 15 is 0 Å². The molecule has 0 aromatic heterocycles. The predicted octanol–water partition coefficient (Wildman–Crippen LogP) is 3.86. The van der Waals surface area contributed by atoms with Gasteiger partial charge in [-0.25, -0.2) is 0 Å². The van der Waals surface area contributed by atoms with Gasteiger partial charge in [0.25, 0.3) is 0 Å². The molecule has 0 aliphatic carbocycles. The molecule has 0 bridgehead atoms. The number of benzene rings is 1. The third-order valence-electron chi connectivity index (χ3n) is 3.52. The Bertz CT molecular complexity index is 377. The molecule has 0 saturated heterocycles. The Morgan fingerprint density at radius 1 is 1.26 bits per heavy atom. The van der Waals surface area contributed by atoms with Crippen LogP contribution in [0.5, 0.6) is 0 Å². The number of hydrogen-bond donors (Lipinski definition) is 1. The van der Waals surface area contributed by atoms with Crippen molar-refractivity contribution in [2.75, 3.05) is 20.1 Å². The predicted molar refractivity (Wildman–Crippen MR) is 84.9 cm³/mol. The maximum absolute atomic E-state index is 6.20. The van der Waals surface area contributed by atoms with E-state index in [1.807, 2.05) is 6.07 Å². The SMILES string of the molecule is Cc1ccc(CNCCCCN(C)C(C)C)c(Cl)c1. The lowest BCUT2D eigenvalue weighted by atomic mass is 10.1. The van der Waals surface area contributed by atoms with Gasteiger partial charge in [-0.3, -0.25) is 0 Å². The number of rotatable bonds is 8. The van der Waals surface area contributed by atoms with Crippen molar-refractivity contribution in [2.45, 2.75) is 46.2 Å². The van der Waals surface area contributed by atoms with Crippen LogP contribution in [-0.4, -0.2) is 31.1 Å². The zero-order chi connectivity index (χ0) is 14.3. The van der Waals surface area contributed by atoms with Gasteiger partial charge in [0.15, 0.2) is 0 Å². The van der Waals surface area contributed by atoms with Crippen molar-refractivity contribution >= 4 is 11.6 Å². The minimum atomic E-state index is 0.638. The first kappa shape index (κ1) is 16.5. The van der Waals surface area contributed by atoms with Gasteiger partial charge in [-0.2, -0.15) is 0 Å². The topological polar surface area (TPSA) is 15.3 Å². The van der Waals surface area contributed by atoms with Gasteiger partial charge in [-0.1, -0.05) is 23.7 Å². The standard InChI is InChI=1S/C16H27ClN2/c1-13(2)19(4)10-6-5-9-18-12-15-8-7-14(3)11-16(15)17/h7-8,11,13,18H,5-6,9-10,12H2,1-4H3. The monoisotopic (exact) mass is 282 g/mol. The highest BCUT2D eigenvalue weighted by molar-refractivity contribution is 6.31. The molecule has 19 heavy (non-hydrogen) atoms. The molecular weight excluding hydrogens is 256 g/mol. The highest BCUT2D eigenvalue weighted by atomic mass is 35.5. The lowest BCUT2D eigenvalue weighted by Gasteiger charge is -2.20. The molecular formula is C16H27ClN2. The lowest BCUT2D eigenvalue weighted by Crippen LogP contribution is -2.27. The van der Waals surface area contributed by atoms with Crippen LogP contribution >= 0.6 is 11.6 Å². The van der Waals surface area contributed by atoms with Crippen molar-refractivity contribution in [2.24, 2.45) is 0 Å². The highest BCUT2D eigenvalue weighted by Crippen LogP contribution is 2.17. The number of hydrogen-bond acceptors (Lipinski definition) is 2. The maximum atomic E-state index is 6.20. The summed E-state index contributed by atoms with van der Waals surface area (Å²) in [6.45, 7) is 9.61. The Labute approximate surface area is 123 Å². The number of nitrogens with zero attached hydrogens (tertiary/aromatic N) is 1. The average Bonchev–Trinajstić information content (AvgIpc) is 2.35. The second-order valence-corrected chi connectivity index (χ2v) is 5.96. The quantitative estimate of drug-likeness (QED) is 0.729. The second-order valence-electron chi connectivity index (χ2n) is 5.55. The number of aryl methyl sites for hydroxylation is 1. The minimum Gasteiger partial charge on any atom is -0.313 e. The van der Waals surface area contributed by atoms with E-state index < -0.39 is 0 Å². The fourth-order valence-corrected chi connectivity index (χ4v) is 2.19. The van der Waals surface area contributed by atoms with Crippen molar-refractivity contribution in [1.82, 2.24) is 10.2 Å². The molecule has 0 spiro atoms. The third-order valence-corrected chi connectivity index (χ3v) is 3.87. The Morgan fingerprint density at radius 3 is 2.63 bits per heavy atom. The summed E-state index contributed by atoms with van der Waals surface area (Å²) < 4.78 is 0. The first-order valence-corrected chi connectivity index (χ1v) is 7.54. The van der Waals surface area contributed by atoms with Gasteiger partial charge in [-0.15, -0.1) is 0 Å². The summed E-state index contributed by atoms with van der Waals surface area (Å²) in [5, 5.41) is 4.33. The molecule has 0 aliphatic rings. The fourth-order valence-electron chi connectivity index (χ4n) is 1.89. The summed E-state index contributed by atoms with van der Waals surface area (Å²) in [7, 11) is 2.18. The van der Waals surface area contributed by atoms with E-state index in [0.717, 1.165) is 18.1 Å². The van der Waals surface area contributed by atoms with E-state index in [-0.39, 0.29) is 0 Å². The van der Waals surface area contributed by atoms with Crippen LogP contribution in [0.1, 0.15) is 37.8 Å². The fraction of sp³-hybridized carbons (Fsp3) is 0.625. The molecule has 0 saturated carbocycles. The summed E-state index contributed by atoms with van der Waals surface area (Å²) >= 11 is 6.20. The normalized spacial score (nSPS) is 11.5. The van der Waals surface area contributed by atoms with Crippen LogP contribution < -0.4 is 5.32 Å². The maximum Gasteiger partial charge on any atom is 0.0453 e. The second kappa shape index (κ2) is 8.57. The van der Waals surface area contributed by atoms with Crippen LogP contribution in [0.15, 0.2) is 18.2 Å². The first-order chi connectivity index (χ1) is 9.00. The van der Waals surface area contributed by atoms with Crippen LogP contribution in [0.4, 0.5) is 0 Å². The molecule has 0 heterocycles. The summed E-state index contributed by atoms with van der Waals surface area (Å²) in [6.07, 6.45) is 2.45. The molecule has 3 heteroatoms. The molecule has 0 aliphatic heterocycles. The van der Waals surface area contributed by atoms with Crippen LogP contribution in [0.2, 0.25) is 5.02 Å². The minimum absolute atomic E-state index is 0.638. The van der Waals surface area contributed by atoms with Gasteiger partial charge in [0.2, 0.25) is 0 Å². The van der Waals surface area contributed by atoms with Crippen LogP contribution in [-0.2, 0) is 6.54 Å². The summed E-state index contributed by atoms with van der Waals surface area (Å²) in [5.41, 5.74) is 2.40. The first-order valence-electron chi connectivity index (χ1n) is 7.16. The van der Waals surface area contributed by atoms with Crippen molar-refractivity contribution in [3.05, 3.63) is 34.3 Å². The van der Waals surface area contributed by atoms with Crippen molar-refractivity contribution in [1.29, 1.82) is 0 Å². The summed E-state index contributed by atoms with van der Waals surface area (Å²) in [5.74, 6) is 0. The van der Waals surface area contributed by atoms with Gasteiger partial charge in [0, 0.05) is 17.6 Å². The van der Waals surface area contributed by atoms with Crippen LogP contribution in [0, 0.1) is 6.92 Å². The highest BCUT2D eigenvalue weighted by Gasteiger charge is 2.02. The van der Waals surface area contributed by atoms with E-state index in [1.165, 1.54) is 30.5 Å². The molecule has 0 amide bonds. The Hall–Kier alpha value is -0.570. The zero-order valence-electron chi connectivity index (χ0n) is 12.7. The smallest absolute Gasteiger partial charge is 0.0453 e. The van der Waals surface area contributed by atoms with Crippen molar-refractivity contribution < 1.29 is 0 Å². The number of unbranched alkanes of at least 4 members (excludes halogenated alkanes) is 1. The Balaban J connectivity index is 2.14. The van der Waals surface area contributed by atoms with Crippen molar-refractivity contribution in [3.8, 4) is 0 Å². The van der Waals surface area contributed by atoms with E-state index in [9.17, 15) is 0 Å². The van der Waals surface area contributed by atoms with Gasteiger partial charge >= 0.3 is 0 Å². The molecule has 0 fully saturated rings. The van der Waals surface area contributed by atoms with Gasteiger partial charge in [-0.05, 0) is 70.9 Å². The zero-order valence-corrected chi connectivity index (χ0v) is 13.4.